The summed E-state index contributed by atoms with van der Waals surface area (Å²) in [6.45, 7) is 2.16. The summed E-state index contributed by atoms with van der Waals surface area (Å²) in [5.41, 5.74) is 1.29. The van der Waals surface area contributed by atoms with Gasteiger partial charge in [0, 0.05) is 51.2 Å². The zero-order valence-corrected chi connectivity index (χ0v) is 14.5. The van der Waals surface area contributed by atoms with Crippen molar-refractivity contribution in [2.75, 3.05) is 26.2 Å². The zero-order chi connectivity index (χ0) is 18.4. The number of amides is 2. The first-order valence-corrected chi connectivity index (χ1v) is 8.74. The maximum Gasteiger partial charge on any atom is 0.257 e. The number of carbonyl (C=O) groups excluding carboxylic acids is 2. The predicted molar refractivity (Wildman–Crippen MR) is 95.6 cm³/mol. The van der Waals surface area contributed by atoms with E-state index in [1.54, 1.807) is 17.3 Å². The Labute approximate surface area is 152 Å². The summed E-state index contributed by atoms with van der Waals surface area (Å²) < 4.78 is 0. The minimum Gasteiger partial charge on any atom is -0.505 e. The zero-order valence-electron chi connectivity index (χ0n) is 14.5. The minimum atomic E-state index is -0.227. The number of hydrogen-bond acceptors (Lipinski definition) is 5. The van der Waals surface area contributed by atoms with Gasteiger partial charge in [-0.15, -0.1) is 0 Å². The predicted octanol–water partition coefficient (Wildman–Crippen LogP) is 1.49. The van der Waals surface area contributed by atoms with Gasteiger partial charge < -0.3 is 14.9 Å². The molecule has 0 saturated carbocycles. The highest BCUT2D eigenvalue weighted by atomic mass is 16.3. The molecule has 1 fully saturated rings. The fourth-order valence-corrected chi connectivity index (χ4v) is 3.06. The molecule has 136 valence electrons. The Morgan fingerprint density at radius 2 is 1.77 bits per heavy atom. The Kier molecular flexibility index (Phi) is 5.78. The quantitative estimate of drug-likeness (QED) is 0.899. The summed E-state index contributed by atoms with van der Waals surface area (Å²) in [5, 5.41) is 9.82. The van der Waals surface area contributed by atoms with E-state index in [9.17, 15) is 14.7 Å². The molecule has 0 aliphatic carbocycles. The van der Waals surface area contributed by atoms with E-state index in [1.165, 1.54) is 18.5 Å². The number of pyridine rings is 2. The molecule has 0 atom stereocenters. The maximum atomic E-state index is 12.6. The summed E-state index contributed by atoms with van der Waals surface area (Å²) in [4.78, 5) is 36.4. The molecule has 7 nitrogen and oxygen atoms in total. The number of aromatic hydroxyl groups is 1. The van der Waals surface area contributed by atoms with Crippen LogP contribution in [-0.2, 0) is 11.2 Å². The largest absolute Gasteiger partial charge is 0.505 e. The fourth-order valence-electron chi connectivity index (χ4n) is 3.06. The molecule has 0 unspecified atom stereocenters. The van der Waals surface area contributed by atoms with Crippen molar-refractivity contribution in [2.24, 2.45) is 0 Å². The van der Waals surface area contributed by atoms with Crippen LogP contribution in [0.3, 0.4) is 0 Å². The van der Waals surface area contributed by atoms with Gasteiger partial charge in [0.2, 0.25) is 5.91 Å². The van der Waals surface area contributed by atoms with Gasteiger partial charge in [0.25, 0.3) is 5.91 Å². The van der Waals surface area contributed by atoms with Crippen LogP contribution in [0.2, 0.25) is 0 Å². The Bertz CT molecular complexity index is 766. The molecule has 2 amide bonds. The Morgan fingerprint density at radius 3 is 2.54 bits per heavy atom. The van der Waals surface area contributed by atoms with Gasteiger partial charge in [-0.05, 0) is 30.5 Å². The van der Waals surface area contributed by atoms with E-state index in [2.05, 4.69) is 9.97 Å². The van der Waals surface area contributed by atoms with Crippen molar-refractivity contribution in [1.82, 2.24) is 19.8 Å². The van der Waals surface area contributed by atoms with E-state index < -0.39 is 0 Å². The first kappa shape index (κ1) is 17.8. The second kappa shape index (κ2) is 8.42. The number of hydrogen-bond donors (Lipinski definition) is 1. The SMILES string of the molecule is O=C(CCc1cccnc1)N1CCCN(C(=O)c2ccncc2O)CC1. The molecule has 26 heavy (non-hydrogen) atoms. The molecule has 1 saturated heterocycles. The van der Waals surface area contributed by atoms with Crippen LogP contribution in [0.15, 0.2) is 43.0 Å². The second-order valence-corrected chi connectivity index (χ2v) is 6.28. The summed E-state index contributed by atoms with van der Waals surface area (Å²) >= 11 is 0. The van der Waals surface area contributed by atoms with Gasteiger partial charge in [-0.25, -0.2) is 0 Å². The molecule has 0 radical (unpaired) electrons. The average Bonchev–Trinajstić information content (AvgIpc) is 2.93. The number of aryl methyl sites for hydroxylation is 1. The van der Waals surface area contributed by atoms with Crippen LogP contribution in [0.5, 0.6) is 5.75 Å². The number of rotatable bonds is 4. The molecule has 1 aliphatic rings. The summed E-state index contributed by atoms with van der Waals surface area (Å²) in [6.07, 6.45) is 8.06. The van der Waals surface area contributed by atoms with Gasteiger partial charge >= 0.3 is 0 Å². The first-order chi connectivity index (χ1) is 12.6. The second-order valence-electron chi connectivity index (χ2n) is 6.28. The monoisotopic (exact) mass is 354 g/mol. The Balaban J connectivity index is 1.55. The highest BCUT2D eigenvalue weighted by molar-refractivity contribution is 5.96. The van der Waals surface area contributed by atoms with Crippen molar-refractivity contribution in [2.45, 2.75) is 19.3 Å². The summed E-state index contributed by atoms with van der Waals surface area (Å²) in [7, 11) is 0. The standard InChI is InChI=1S/C19H22N4O3/c24-17-14-21-8-6-16(17)19(26)23-10-2-9-22(11-12-23)18(25)5-4-15-3-1-7-20-13-15/h1,3,6-8,13-14,24H,2,4-5,9-12H2. The number of carbonyl (C=O) groups is 2. The van der Waals surface area contributed by atoms with E-state index in [-0.39, 0.29) is 23.1 Å². The van der Waals surface area contributed by atoms with Gasteiger partial charge in [-0.3, -0.25) is 19.6 Å². The van der Waals surface area contributed by atoms with Crippen molar-refractivity contribution < 1.29 is 14.7 Å². The Morgan fingerprint density at radius 1 is 1.00 bits per heavy atom. The van der Waals surface area contributed by atoms with Crippen molar-refractivity contribution in [3.8, 4) is 5.75 Å². The average molecular weight is 354 g/mol. The Hall–Kier alpha value is -2.96. The van der Waals surface area contributed by atoms with Gasteiger partial charge in [0.05, 0.1) is 11.8 Å². The lowest BCUT2D eigenvalue weighted by Crippen LogP contribution is -2.37. The first-order valence-electron chi connectivity index (χ1n) is 8.74. The summed E-state index contributed by atoms with van der Waals surface area (Å²) in [6, 6.07) is 5.34. The number of aromatic nitrogens is 2. The van der Waals surface area contributed by atoms with Crippen molar-refractivity contribution in [1.29, 1.82) is 0 Å². The van der Waals surface area contributed by atoms with E-state index in [0.717, 1.165) is 12.0 Å². The highest BCUT2D eigenvalue weighted by Crippen LogP contribution is 2.18. The third-order valence-electron chi connectivity index (χ3n) is 4.52. The van der Waals surface area contributed by atoms with E-state index in [4.69, 9.17) is 0 Å². The van der Waals surface area contributed by atoms with Gasteiger partial charge in [-0.2, -0.15) is 0 Å². The molecule has 3 rings (SSSR count). The highest BCUT2D eigenvalue weighted by Gasteiger charge is 2.24. The molecular weight excluding hydrogens is 332 g/mol. The number of nitrogens with zero attached hydrogens (tertiary/aromatic N) is 4. The molecule has 7 heteroatoms. The lowest BCUT2D eigenvalue weighted by Gasteiger charge is -2.22. The van der Waals surface area contributed by atoms with E-state index in [1.807, 2.05) is 17.0 Å². The molecule has 2 aromatic rings. The van der Waals surface area contributed by atoms with Crippen LogP contribution < -0.4 is 0 Å². The van der Waals surface area contributed by atoms with Crippen LogP contribution >= 0.6 is 0 Å². The van der Waals surface area contributed by atoms with Gasteiger partial charge in [0.1, 0.15) is 5.75 Å². The lowest BCUT2D eigenvalue weighted by atomic mass is 10.1. The van der Waals surface area contributed by atoms with E-state index >= 15 is 0 Å². The van der Waals surface area contributed by atoms with Gasteiger partial charge in [-0.1, -0.05) is 6.07 Å². The van der Waals surface area contributed by atoms with E-state index in [0.29, 0.717) is 39.0 Å². The third kappa shape index (κ3) is 4.36. The van der Waals surface area contributed by atoms with Crippen LogP contribution in [0.4, 0.5) is 0 Å². The molecular formula is C19H22N4O3. The minimum absolute atomic E-state index is 0.0925. The van der Waals surface area contributed by atoms with Crippen molar-refractivity contribution in [3.05, 3.63) is 54.1 Å². The molecule has 0 spiro atoms. The van der Waals surface area contributed by atoms with Crippen molar-refractivity contribution >= 4 is 11.8 Å². The van der Waals surface area contributed by atoms with Gasteiger partial charge in [0.15, 0.2) is 0 Å². The van der Waals surface area contributed by atoms with Crippen molar-refractivity contribution in [3.63, 3.8) is 0 Å². The molecule has 0 aromatic carbocycles. The molecule has 3 heterocycles. The normalized spacial score (nSPS) is 14.8. The molecule has 1 aliphatic heterocycles. The molecule has 1 N–H and O–H groups in total. The lowest BCUT2D eigenvalue weighted by molar-refractivity contribution is -0.131. The fraction of sp³-hybridized carbons (Fsp3) is 0.368. The van der Waals surface area contributed by atoms with Crippen LogP contribution in [0, 0.1) is 0 Å². The third-order valence-corrected chi connectivity index (χ3v) is 4.52. The van der Waals surface area contributed by atoms with Crippen LogP contribution in [0.25, 0.3) is 0 Å². The topological polar surface area (TPSA) is 86.6 Å². The van der Waals surface area contributed by atoms with Crippen LogP contribution in [0.1, 0.15) is 28.8 Å². The van der Waals surface area contributed by atoms with Crippen LogP contribution in [-0.4, -0.2) is 62.9 Å². The molecule has 2 aromatic heterocycles. The smallest absolute Gasteiger partial charge is 0.257 e. The summed E-state index contributed by atoms with van der Waals surface area (Å²) in [5.74, 6) is -0.254. The maximum absolute atomic E-state index is 12.6. The molecule has 0 bridgehead atoms.